The van der Waals surface area contributed by atoms with Gasteiger partial charge < -0.3 is 19.4 Å². The Morgan fingerprint density at radius 2 is 1.86 bits per heavy atom. The predicted octanol–water partition coefficient (Wildman–Crippen LogP) is 4.65. The average Bonchev–Trinajstić information content (AvgIpc) is 3.09. The van der Waals surface area contributed by atoms with Crippen LogP contribution in [0.3, 0.4) is 0 Å². The molecule has 1 heterocycles. The highest BCUT2D eigenvalue weighted by molar-refractivity contribution is 6.07. The SMILES string of the molecule is CCCCc1oc2ccccc2c1C(=O)NCc1ccccc1OCCN(C)C. The second kappa shape index (κ2) is 10.1. The van der Waals surface area contributed by atoms with E-state index in [1.807, 2.05) is 62.6 Å². The number of amides is 1. The van der Waals surface area contributed by atoms with Gasteiger partial charge in [0.2, 0.25) is 0 Å². The van der Waals surface area contributed by atoms with E-state index in [1.54, 1.807) is 0 Å². The second-order valence-electron chi connectivity index (χ2n) is 7.44. The van der Waals surface area contributed by atoms with Crippen molar-refractivity contribution in [2.45, 2.75) is 32.7 Å². The fourth-order valence-electron chi connectivity index (χ4n) is 3.25. The summed E-state index contributed by atoms with van der Waals surface area (Å²) in [6, 6.07) is 15.6. The molecule has 0 fully saturated rings. The van der Waals surface area contributed by atoms with Gasteiger partial charge in [-0.25, -0.2) is 0 Å². The summed E-state index contributed by atoms with van der Waals surface area (Å²) in [7, 11) is 4.03. The van der Waals surface area contributed by atoms with Crippen LogP contribution in [0.25, 0.3) is 11.0 Å². The van der Waals surface area contributed by atoms with Crippen molar-refractivity contribution in [3.8, 4) is 5.75 Å². The van der Waals surface area contributed by atoms with E-state index < -0.39 is 0 Å². The number of hydrogen-bond donors (Lipinski definition) is 1. The molecule has 0 aliphatic rings. The molecule has 0 aliphatic carbocycles. The number of unbranched alkanes of at least 4 members (excludes halogenated alkanes) is 1. The summed E-state index contributed by atoms with van der Waals surface area (Å²) in [5.74, 6) is 1.46. The van der Waals surface area contributed by atoms with Gasteiger partial charge in [0.15, 0.2) is 0 Å². The van der Waals surface area contributed by atoms with E-state index in [0.717, 1.165) is 53.8 Å². The first kappa shape index (κ1) is 20.9. The van der Waals surface area contributed by atoms with Gasteiger partial charge in [0.1, 0.15) is 23.7 Å². The number of benzene rings is 2. The monoisotopic (exact) mass is 394 g/mol. The van der Waals surface area contributed by atoms with Crippen LogP contribution in [0.4, 0.5) is 0 Å². The number of likely N-dealkylation sites (N-methyl/N-ethyl adjacent to an activating group) is 1. The van der Waals surface area contributed by atoms with Crippen LogP contribution in [0.5, 0.6) is 5.75 Å². The van der Waals surface area contributed by atoms with Crippen molar-refractivity contribution in [2.24, 2.45) is 0 Å². The first-order chi connectivity index (χ1) is 14.1. The summed E-state index contributed by atoms with van der Waals surface area (Å²) < 4.78 is 11.9. The number of nitrogens with zero attached hydrogens (tertiary/aromatic N) is 1. The molecule has 3 aromatic rings. The molecule has 5 nitrogen and oxygen atoms in total. The fraction of sp³-hybridized carbons (Fsp3) is 0.375. The Bertz CT molecular complexity index is 946. The molecule has 0 unspecified atom stereocenters. The minimum atomic E-state index is -0.107. The van der Waals surface area contributed by atoms with Crippen LogP contribution in [0.1, 0.15) is 41.4 Å². The maximum Gasteiger partial charge on any atom is 0.255 e. The van der Waals surface area contributed by atoms with Crippen LogP contribution in [0, 0.1) is 0 Å². The van der Waals surface area contributed by atoms with Crippen molar-refractivity contribution in [3.05, 3.63) is 65.4 Å². The molecular weight excluding hydrogens is 364 g/mol. The molecule has 0 saturated heterocycles. The zero-order valence-electron chi connectivity index (χ0n) is 17.5. The van der Waals surface area contributed by atoms with Gasteiger partial charge in [-0.05, 0) is 32.6 Å². The topological polar surface area (TPSA) is 54.7 Å². The lowest BCUT2D eigenvalue weighted by Gasteiger charge is -2.14. The summed E-state index contributed by atoms with van der Waals surface area (Å²) in [6.45, 7) is 3.98. The van der Waals surface area contributed by atoms with Gasteiger partial charge in [-0.3, -0.25) is 4.79 Å². The molecule has 5 heteroatoms. The number of carbonyl (C=O) groups excluding carboxylic acids is 1. The van der Waals surface area contributed by atoms with E-state index in [-0.39, 0.29) is 5.91 Å². The zero-order chi connectivity index (χ0) is 20.6. The summed E-state index contributed by atoms with van der Waals surface area (Å²) in [5.41, 5.74) is 2.37. The maximum absolute atomic E-state index is 13.1. The zero-order valence-corrected chi connectivity index (χ0v) is 17.5. The highest BCUT2D eigenvalue weighted by Gasteiger charge is 2.20. The van der Waals surface area contributed by atoms with E-state index >= 15 is 0 Å². The number of furan rings is 1. The van der Waals surface area contributed by atoms with Crippen LogP contribution >= 0.6 is 0 Å². The number of aryl methyl sites for hydroxylation is 1. The van der Waals surface area contributed by atoms with Gasteiger partial charge in [0, 0.05) is 30.5 Å². The molecule has 0 radical (unpaired) electrons. The fourth-order valence-corrected chi connectivity index (χ4v) is 3.25. The number of fused-ring (bicyclic) bond motifs is 1. The van der Waals surface area contributed by atoms with Gasteiger partial charge in [0.05, 0.1) is 5.56 Å². The molecule has 0 bridgehead atoms. The number of ether oxygens (including phenoxy) is 1. The minimum Gasteiger partial charge on any atom is -0.492 e. The smallest absolute Gasteiger partial charge is 0.255 e. The van der Waals surface area contributed by atoms with Gasteiger partial charge in [0.25, 0.3) is 5.91 Å². The van der Waals surface area contributed by atoms with Crippen LogP contribution in [-0.2, 0) is 13.0 Å². The number of rotatable bonds is 10. The summed E-state index contributed by atoms with van der Waals surface area (Å²) in [4.78, 5) is 15.1. The summed E-state index contributed by atoms with van der Waals surface area (Å²) >= 11 is 0. The largest absolute Gasteiger partial charge is 0.492 e. The summed E-state index contributed by atoms with van der Waals surface area (Å²) in [5, 5.41) is 3.93. The molecule has 0 atom stereocenters. The molecule has 1 N–H and O–H groups in total. The standard InChI is InChI=1S/C24H30N2O3/c1-4-5-12-22-23(19-11-7-9-14-21(19)29-22)24(27)25-17-18-10-6-8-13-20(18)28-16-15-26(2)3/h6-11,13-14H,4-5,12,15-17H2,1-3H3,(H,25,27). The second-order valence-corrected chi connectivity index (χ2v) is 7.44. The molecular formula is C24H30N2O3. The van der Waals surface area contributed by atoms with Crippen LogP contribution in [-0.4, -0.2) is 38.1 Å². The molecule has 3 rings (SSSR count). The van der Waals surface area contributed by atoms with Gasteiger partial charge in [-0.2, -0.15) is 0 Å². The Kier molecular flexibility index (Phi) is 7.30. The van der Waals surface area contributed by atoms with E-state index in [1.165, 1.54) is 0 Å². The highest BCUT2D eigenvalue weighted by atomic mass is 16.5. The molecule has 0 spiro atoms. The highest BCUT2D eigenvalue weighted by Crippen LogP contribution is 2.27. The molecule has 1 amide bonds. The van der Waals surface area contributed by atoms with E-state index in [9.17, 15) is 4.79 Å². The maximum atomic E-state index is 13.1. The van der Waals surface area contributed by atoms with Crippen molar-refractivity contribution in [3.63, 3.8) is 0 Å². The third kappa shape index (κ3) is 5.39. The minimum absolute atomic E-state index is 0.107. The first-order valence-corrected chi connectivity index (χ1v) is 10.2. The van der Waals surface area contributed by atoms with Crippen molar-refractivity contribution in [2.75, 3.05) is 27.2 Å². The van der Waals surface area contributed by atoms with Crippen LogP contribution in [0.2, 0.25) is 0 Å². The third-order valence-electron chi connectivity index (χ3n) is 4.86. The van der Waals surface area contributed by atoms with E-state index in [4.69, 9.17) is 9.15 Å². The molecule has 1 aromatic heterocycles. The van der Waals surface area contributed by atoms with Crippen molar-refractivity contribution in [1.82, 2.24) is 10.2 Å². The van der Waals surface area contributed by atoms with Crippen LogP contribution in [0.15, 0.2) is 52.9 Å². The molecule has 2 aromatic carbocycles. The number of carbonyl (C=O) groups is 1. The third-order valence-corrected chi connectivity index (χ3v) is 4.86. The first-order valence-electron chi connectivity index (χ1n) is 10.2. The van der Waals surface area contributed by atoms with Gasteiger partial charge in [-0.15, -0.1) is 0 Å². The van der Waals surface area contributed by atoms with Crippen molar-refractivity contribution >= 4 is 16.9 Å². The Hall–Kier alpha value is -2.79. The number of hydrogen-bond acceptors (Lipinski definition) is 4. The van der Waals surface area contributed by atoms with Crippen LogP contribution < -0.4 is 10.1 Å². The Balaban J connectivity index is 1.75. The Morgan fingerprint density at radius 3 is 2.66 bits per heavy atom. The van der Waals surface area contributed by atoms with Crippen molar-refractivity contribution < 1.29 is 13.9 Å². The summed E-state index contributed by atoms with van der Waals surface area (Å²) in [6.07, 6.45) is 2.80. The quantitative estimate of drug-likeness (QED) is 0.544. The van der Waals surface area contributed by atoms with Gasteiger partial charge in [-0.1, -0.05) is 49.7 Å². The average molecular weight is 395 g/mol. The van der Waals surface area contributed by atoms with E-state index in [0.29, 0.717) is 18.7 Å². The van der Waals surface area contributed by atoms with E-state index in [2.05, 4.69) is 17.1 Å². The normalized spacial score (nSPS) is 11.2. The Morgan fingerprint density at radius 1 is 1.10 bits per heavy atom. The lowest BCUT2D eigenvalue weighted by atomic mass is 10.1. The molecule has 0 aliphatic heterocycles. The lowest BCUT2D eigenvalue weighted by Crippen LogP contribution is -2.24. The number of para-hydroxylation sites is 2. The predicted molar refractivity (Wildman–Crippen MR) is 116 cm³/mol. The number of nitrogens with one attached hydrogen (secondary N) is 1. The molecule has 29 heavy (non-hydrogen) atoms. The lowest BCUT2D eigenvalue weighted by molar-refractivity contribution is 0.0950. The van der Waals surface area contributed by atoms with Crippen molar-refractivity contribution in [1.29, 1.82) is 0 Å². The molecule has 0 saturated carbocycles. The molecule has 154 valence electrons. The van der Waals surface area contributed by atoms with Gasteiger partial charge >= 0.3 is 0 Å². The Labute approximate surface area is 172 Å².